The Morgan fingerprint density at radius 2 is 2.25 bits per heavy atom. The van der Waals surface area contributed by atoms with Gasteiger partial charge in [-0.05, 0) is 31.2 Å². The van der Waals surface area contributed by atoms with Crippen LogP contribution in [0.25, 0.3) is 0 Å². The lowest BCUT2D eigenvalue weighted by Gasteiger charge is -2.07. The fraction of sp³-hybridized carbons (Fsp3) is 0.250. The first-order valence-electron chi connectivity index (χ1n) is 5.12. The van der Waals surface area contributed by atoms with Crippen LogP contribution in [0.1, 0.15) is 5.69 Å². The molecule has 0 N–H and O–H groups in total. The van der Waals surface area contributed by atoms with E-state index >= 15 is 0 Å². The zero-order chi connectivity index (χ0) is 11.4. The molecule has 0 unspecified atom stereocenters. The van der Waals surface area contributed by atoms with Crippen LogP contribution < -0.4 is 4.74 Å². The minimum absolute atomic E-state index is 0.624. The Kier molecular flexibility index (Phi) is 3.62. The van der Waals surface area contributed by atoms with Gasteiger partial charge in [-0.1, -0.05) is 22.0 Å². The summed E-state index contributed by atoms with van der Waals surface area (Å²) < 4.78 is 8.58. The second kappa shape index (κ2) is 5.16. The van der Waals surface area contributed by atoms with Crippen LogP contribution in [0, 0.1) is 6.92 Å². The third kappa shape index (κ3) is 2.85. The molecule has 1 aromatic carbocycles. The number of nitrogens with zero attached hydrogens (tertiary/aromatic N) is 2. The lowest BCUT2D eigenvalue weighted by atomic mass is 10.3. The molecule has 0 radical (unpaired) electrons. The molecule has 0 saturated heterocycles. The molecule has 4 heteroatoms. The molecule has 0 aliphatic heterocycles. The maximum absolute atomic E-state index is 5.62. The largest absolute Gasteiger partial charge is 0.492 e. The number of halogens is 1. The van der Waals surface area contributed by atoms with Crippen molar-refractivity contribution in [3.63, 3.8) is 0 Å². The molecule has 2 aromatic rings. The number of ether oxygens (including phenoxy) is 1. The molecule has 0 fully saturated rings. The van der Waals surface area contributed by atoms with E-state index in [4.69, 9.17) is 4.74 Å². The maximum atomic E-state index is 5.62. The highest BCUT2D eigenvalue weighted by Gasteiger charge is 1.98. The Hall–Kier alpha value is -1.29. The van der Waals surface area contributed by atoms with Crippen molar-refractivity contribution in [3.8, 4) is 5.75 Å². The van der Waals surface area contributed by atoms with Gasteiger partial charge >= 0.3 is 0 Å². The van der Waals surface area contributed by atoms with Gasteiger partial charge in [0.15, 0.2) is 0 Å². The van der Waals surface area contributed by atoms with Gasteiger partial charge in [-0.3, -0.25) is 4.68 Å². The van der Waals surface area contributed by atoms with E-state index in [9.17, 15) is 0 Å². The molecule has 1 heterocycles. The summed E-state index contributed by atoms with van der Waals surface area (Å²) in [7, 11) is 0. The topological polar surface area (TPSA) is 27.1 Å². The fourth-order valence-corrected chi connectivity index (χ4v) is 1.82. The van der Waals surface area contributed by atoms with Crippen LogP contribution in [-0.4, -0.2) is 16.4 Å². The molecule has 0 amide bonds. The van der Waals surface area contributed by atoms with Crippen molar-refractivity contribution in [2.24, 2.45) is 0 Å². The number of aromatic nitrogens is 2. The van der Waals surface area contributed by atoms with Gasteiger partial charge in [0.05, 0.1) is 6.54 Å². The minimum Gasteiger partial charge on any atom is -0.492 e. The van der Waals surface area contributed by atoms with E-state index in [2.05, 4.69) is 21.0 Å². The van der Waals surface area contributed by atoms with Crippen LogP contribution in [-0.2, 0) is 6.54 Å². The third-order valence-electron chi connectivity index (χ3n) is 2.30. The summed E-state index contributed by atoms with van der Waals surface area (Å²) >= 11 is 3.41. The van der Waals surface area contributed by atoms with Crippen LogP contribution in [0.4, 0.5) is 0 Å². The van der Waals surface area contributed by atoms with E-state index in [1.54, 1.807) is 6.20 Å². The van der Waals surface area contributed by atoms with E-state index in [-0.39, 0.29) is 0 Å². The normalized spacial score (nSPS) is 10.4. The molecule has 0 aliphatic rings. The minimum atomic E-state index is 0.624. The van der Waals surface area contributed by atoms with Crippen LogP contribution in [0.2, 0.25) is 0 Å². The molecule has 0 spiro atoms. The highest BCUT2D eigenvalue weighted by Crippen LogP contribution is 2.17. The Bertz CT molecular complexity index is 468. The van der Waals surface area contributed by atoms with Gasteiger partial charge in [0.1, 0.15) is 12.4 Å². The lowest BCUT2D eigenvalue weighted by molar-refractivity contribution is 0.289. The van der Waals surface area contributed by atoms with Gasteiger partial charge in [-0.2, -0.15) is 5.10 Å². The Morgan fingerprint density at radius 1 is 1.38 bits per heavy atom. The lowest BCUT2D eigenvalue weighted by Crippen LogP contribution is -2.10. The summed E-state index contributed by atoms with van der Waals surface area (Å²) in [5.74, 6) is 0.874. The van der Waals surface area contributed by atoms with Gasteiger partial charge in [-0.15, -0.1) is 0 Å². The average Bonchev–Trinajstić information content (AvgIpc) is 2.65. The number of hydrogen-bond donors (Lipinski definition) is 0. The standard InChI is InChI=1S/C12H13BrN2O/c1-10-5-6-14-15(10)7-8-16-12-4-2-3-11(13)9-12/h2-6,9H,7-8H2,1H3. The van der Waals surface area contributed by atoms with E-state index in [0.29, 0.717) is 6.61 Å². The van der Waals surface area contributed by atoms with Crippen LogP contribution in [0.5, 0.6) is 5.75 Å². The van der Waals surface area contributed by atoms with Crippen molar-refractivity contribution < 1.29 is 4.74 Å². The van der Waals surface area contributed by atoms with Crippen molar-refractivity contribution in [1.82, 2.24) is 9.78 Å². The Balaban J connectivity index is 1.87. The van der Waals surface area contributed by atoms with Crippen molar-refractivity contribution in [2.45, 2.75) is 13.5 Å². The molecule has 84 valence electrons. The first-order chi connectivity index (χ1) is 7.75. The van der Waals surface area contributed by atoms with E-state index in [1.807, 2.05) is 41.9 Å². The molecule has 0 aliphatic carbocycles. The van der Waals surface area contributed by atoms with Crippen LogP contribution in [0.15, 0.2) is 41.0 Å². The molecule has 16 heavy (non-hydrogen) atoms. The molecule has 0 atom stereocenters. The summed E-state index contributed by atoms with van der Waals surface area (Å²) in [6.07, 6.45) is 1.80. The first kappa shape index (κ1) is 11.2. The predicted molar refractivity (Wildman–Crippen MR) is 66.6 cm³/mol. The molecule has 2 rings (SSSR count). The highest BCUT2D eigenvalue weighted by atomic mass is 79.9. The molecule has 3 nitrogen and oxygen atoms in total. The van der Waals surface area contributed by atoms with Crippen molar-refractivity contribution >= 4 is 15.9 Å². The molecular formula is C12H13BrN2O. The zero-order valence-corrected chi connectivity index (χ0v) is 10.6. The Morgan fingerprint density at radius 3 is 2.94 bits per heavy atom. The second-order valence-electron chi connectivity index (χ2n) is 3.50. The van der Waals surface area contributed by atoms with Crippen molar-refractivity contribution in [1.29, 1.82) is 0 Å². The van der Waals surface area contributed by atoms with Gasteiger partial charge in [0, 0.05) is 16.4 Å². The summed E-state index contributed by atoms with van der Waals surface area (Å²) in [5, 5.41) is 4.19. The van der Waals surface area contributed by atoms with Crippen LogP contribution >= 0.6 is 15.9 Å². The van der Waals surface area contributed by atoms with E-state index < -0.39 is 0 Å². The maximum Gasteiger partial charge on any atom is 0.120 e. The first-order valence-corrected chi connectivity index (χ1v) is 5.92. The van der Waals surface area contributed by atoms with Gasteiger partial charge in [-0.25, -0.2) is 0 Å². The van der Waals surface area contributed by atoms with Gasteiger partial charge in [0.2, 0.25) is 0 Å². The summed E-state index contributed by atoms with van der Waals surface area (Å²) in [5.41, 5.74) is 1.15. The molecule has 1 aromatic heterocycles. The second-order valence-corrected chi connectivity index (χ2v) is 4.42. The number of benzene rings is 1. The number of aryl methyl sites for hydroxylation is 1. The average molecular weight is 281 g/mol. The van der Waals surface area contributed by atoms with Gasteiger partial charge in [0.25, 0.3) is 0 Å². The molecule has 0 saturated carbocycles. The fourth-order valence-electron chi connectivity index (χ4n) is 1.44. The Labute approximate surface area is 103 Å². The summed E-state index contributed by atoms with van der Waals surface area (Å²) in [6.45, 7) is 3.43. The summed E-state index contributed by atoms with van der Waals surface area (Å²) in [4.78, 5) is 0. The number of rotatable bonds is 4. The summed E-state index contributed by atoms with van der Waals surface area (Å²) in [6, 6.07) is 9.82. The molecule has 0 bridgehead atoms. The van der Waals surface area contributed by atoms with Crippen molar-refractivity contribution in [3.05, 3.63) is 46.7 Å². The molecular weight excluding hydrogens is 268 g/mol. The quantitative estimate of drug-likeness (QED) is 0.861. The highest BCUT2D eigenvalue weighted by molar-refractivity contribution is 9.10. The third-order valence-corrected chi connectivity index (χ3v) is 2.79. The van der Waals surface area contributed by atoms with Gasteiger partial charge < -0.3 is 4.74 Å². The zero-order valence-electron chi connectivity index (χ0n) is 9.06. The van der Waals surface area contributed by atoms with E-state index in [1.165, 1.54) is 0 Å². The van der Waals surface area contributed by atoms with E-state index in [0.717, 1.165) is 22.5 Å². The SMILES string of the molecule is Cc1ccnn1CCOc1cccc(Br)c1. The predicted octanol–water partition coefficient (Wildman–Crippen LogP) is 3.03. The smallest absolute Gasteiger partial charge is 0.120 e. The van der Waals surface area contributed by atoms with Crippen LogP contribution in [0.3, 0.4) is 0 Å². The number of hydrogen-bond acceptors (Lipinski definition) is 2. The van der Waals surface area contributed by atoms with Crippen molar-refractivity contribution in [2.75, 3.05) is 6.61 Å². The monoisotopic (exact) mass is 280 g/mol.